The first-order chi connectivity index (χ1) is 51.4. The van der Waals surface area contributed by atoms with Crippen LogP contribution < -0.4 is 37.6 Å². The van der Waals surface area contributed by atoms with Crippen molar-refractivity contribution in [1.29, 1.82) is 0 Å². The Kier molecular flexibility index (Phi) is 38.3. The van der Waals surface area contributed by atoms with Gasteiger partial charge in [-0.05, 0) is 115 Å². The number of carbonyl (C=O) groups is 3. The summed E-state index contributed by atoms with van der Waals surface area (Å²) in [6, 6.07) is 81.7. The Morgan fingerprint density at radius 1 is 0.541 bits per heavy atom. The van der Waals surface area contributed by atoms with Crippen LogP contribution in [0.4, 0.5) is 44.2 Å². The van der Waals surface area contributed by atoms with Gasteiger partial charge in [0.05, 0.1) is 49.9 Å². The predicted octanol–water partition coefficient (Wildman–Crippen LogP) is 17.6. The van der Waals surface area contributed by atoms with E-state index in [1.165, 1.54) is 28.6 Å². The molecule has 0 bridgehead atoms. The number of aromatic nitrogens is 2. The third kappa shape index (κ3) is 28.3. The number of nitrogens with two attached hydrogens (primary N) is 1. The average molecular weight is 1530 g/mol. The maximum atomic E-state index is 13.2. The Labute approximate surface area is 653 Å². The minimum Gasteiger partial charge on any atom is -0.469 e. The molecule has 0 aliphatic carbocycles. The third-order valence-corrected chi connectivity index (χ3v) is 17.0. The van der Waals surface area contributed by atoms with Crippen LogP contribution in [0.1, 0.15) is 95.8 Å². The van der Waals surface area contributed by atoms with Crippen molar-refractivity contribution < 1.29 is 52.7 Å². The number of carbonyl (C=O) groups excluding carboxylic acids is 3. The SMILES string of the molecule is C.C.C.C.C.CC1(C)O[C@@H](C(=O)NCCc2cccs2)[C@H](C(=O)Nc2ccccc2NCc2ccccc2)O1.Nc1ccccc1NCc1ccccc1.O=C(NCCc1ccco1)[C@H](O)[C@@H](O)c1nc2ccccc2n1Cc1ccccc1.O=[N+]([O-])c1ccccc1F.O=[N+]([O-])c1ccccc1NCc1ccccc1. The van der Waals surface area contributed by atoms with Gasteiger partial charge < -0.3 is 66.3 Å². The van der Waals surface area contributed by atoms with Crippen LogP contribution in [0.5, 0.6) is 0 Å². The van der Waals surface area contributed by atoms with E-state index in [1.54, 1.807) is 55.7 Å². The molecule has 1 aliphatic rings. The quantitative estimate of drug-likeness (QED) is 0.0146. The van der Waals surface area contributed by atoms with E-state index >= 15 is 0 Å². The third-order valence-electron chi connectivity index (χ3n) is 16.1. The van der Waals surface area contributed by atoms with Gasteiger partial charge in [0, 0.05) is 62.7 Å². The monoisotopic (exact) mass is 1530 g/mol. The standard InChI is InChI=1S/C26H29N3O4S.C23H23N3O4.C13H12N2O2.C13H14N2.C6H4FNO2.5CH4/c1-26(2)32-22(24(30)27-15-14-19-11-8-16-34-19)23(33-26)25(31)29-21-13-7-6-12-20(21)28-17-18-9-4-3-5-10-18;27-20(21(28)23(29)24-13-12-17-9-6-14-30-17)22-25-18-10-4-5-11-19(18)26(22)15-16-7-2-1-3-8-16;16-15(17)13-9-5-4-8-12(13)14-10-11-6-2-1-3-7-11;14-12-8-4-5-9-13(12)15-10-11-6-2-1-3-7-11;7-5-3-1-2-4-6(5)8(9)10;;;;;/h3-13,16,22-23,28H,14-15,17H2,1-2H3,(H,27,30)(H,29,31);1-11,14,20-21,27-28H,12-13,15H2,(H,24,29);1-9,14H,10H2;1-9,15H,10,14H2;1-4H;5*1H4/t22-,23-;20-,21-;;;;;;;;/m11......../s1. The van der Waals surface area contributed by atoms with Gasteiger partial charge in [0.15, 0.2) is 24.1 Å². The molecule has 0 saturated carbocycles. The molecule has 13 rings (SSSR count). The first kappa shape index (κ1) is 91.0. The van der Waals surface area contributed by atoms with E-state index in [-0.39, 0.29) is 66.0 Å². The Bertz CT molecular complexity index is 4720. The highest BCUT2D eigenvalue weighted by molar-refractivity contribution is 7.09. The van der Waals surface area contributed by atoms with Gasteiger partial charge in [-0.1, -0.05) is 225 Å². The second kappa shape index (κ2) is 46.7. The molecule has 586 valence electrons. The lowest BCUT2D eigenvalue weighted by Gasteiger charge is -2.19. The second-order valence-corrected chi connectivity index (χ2v) is 25.3. The number of rotatable bonds is 25. The molecule has 4 heterocycles. The number of nitro benzene ring substituents is 2. The van der Waals surface area contributed by atoms with Gasteiger partial charge in [-0.25, -0.2) is 4.98 Å². The highest BCUT2D eigenvalue weighted by Crippen LogP contribution is 2.32. The normalized spacial score (nSPS) is 13.1. The van der Waals surface area contributed by atoms with Crippen LogP contribution in [0, 0.1) is 26.0 Å². The molecule has 25 heteroatoms. The summed E-state index contributed by atoms with van der Waals surface area (Å²) in [5.74, 6) is -2.33. The molecule has 23 nitrogen and oxygen atoms in total. The van der Waals surface area contributed by atoms with Gasteiger partial charge in [-0.3, -0.25) is 34.6 Å². The smallest absolute Gasteiger partial charge is 0.304 e. The number of halogens is 1. The Hall–Kier alpha value is -12.4. The van der Waals surface area contributed by atoms with Crippen LogP contribution in [0.15, 0.2) is 283 Å². The van der Waals surface area contributed by atoms with Crippen LogP contribution in [-0.2, 0) is 62.9 Å². The van der Waals surface area contributed by atoms with Gasteiger partial charge in [-0.2, -0.15) is 4.39 Å². The number of hydrogen-bond acceptors (Lipinski definition) is 18. The minimum absolute atomic E-state index is 0. The number of benzene rings is 9. The number of amides is 3. The number of nitrogens with one attached hydrogen (secondary N) is 6. The van der Waals surface area contributed by atoms with Gasteiger partial charge in [0.1, 0.15) is 23.4 Å². The lowest BCUT2D eigenvalue weighted by Crippen LogP contribution is -2.46. The molecule has 10 N–H and O–H groups in total. The highest BCUT2D eigenvalue weighted by Gasteiger charge is 2.49. The number of imidazole rings is 1. The van der Waals surface area contributed by atoms with Crippen LogP contribution >= 0.6 is 11.3 Å². The van der Waals surface area contributed by atoms with Crippen molar-refractivity contribution >= 4 is 79.9 Å². The van der Waals surface area contributed by atoms with E-state index < -0.39 is 58.4 Å². The number of nitrogens with zero attached hydrogens (tertiary/aromatic N) is 4. The summed E-state index contributed by atoms with van der Waals surface area (Å²) in [6.45, 7) is 6.58. The fourth-order valence-electron chi connectivity index (χ4n) is 10.8. The number of nitrogen functional groups attached to an aromatic ring is 1. The van der Waals surface area contributed by atoms with Crippen molar-refractivity contribution in [2.45, 2.75) is 120 Å². The summed E-state index contributed by atoms with van der Waals surface area (Å²) < 4.78 is 31.1. The zero-order chi connectivity index (χ0) is 75.1. The molecule has 1 fully saturated rings. The summed E-state index contributed by atoms with van der Waals surface area (Å²) >= 11 is 1.64. The largest absolute Gasteiger partial charge is 0.469 e. The number of ether oxygens (including phenoxy) is 2. The number of para-hydroxylation sites is 9. The molecular weight excluding hydrogens is 1430 g/mol. The summed E-state index contributed by atoms with van der Waals surface area (Å²) in [6.07, 6.45) is -2.45. The molecule has 0 spiro atoms. The van der Waals surface area contributed by atoms with Crippen LogP contribution in [0.25, 0.3) is 11.0 Å². The number of aliphatic hydroxyl groups excluding tert-OH is 2. The number of aliphatic hydroxyl groups is 2. The molecule has 111 heavy (non-hydrogen) atoms. The fraction of sp³-hybridized carbons (Fsp3) is 0.233. The van der Waals surface area contributed by atoms with Crippen molar-refractivity contribution in [2.24, 2.45) is 0 Å². The van der Waals surface area contributed by atoms with E-state index in [0.717, 1.165) is 70.1 Å². The van der Waals surface area contributed by atoms with Crippen molar-refractivity contribution in [3.8, 4) is 0 Å². The number of nitro groups is 2. The molecule has 3 aromatic heterocycles. The van der Waals surface area contributed by atoms with Crippen molar-refractivity contribution in [3.63, 3.8) is 0 Å². The lowest BCUT2D eigenvalue weighted by atomic mass is 10.1. The lowest BCUT2D eigenvalue weighted by molar-refractivity contribution is -0.387. The maximum absolute atomic E-state index is 13.2. The van der Waals surface area contributed by atoms with E-state index in [1.807, 2.05) is 210 Å². The van der Waals surface area contributed by atoms with E-state index in [2.05, 4.69) is 49.0 Å². The van der Waals surface area contributed by atoms with Gasteiger partial charge in [0.25, 0.3) is 23.4 Å². The highest BCUT2D eigenvalue weighted by atomic mass is 32.1. The molecule has 0 radical (unpaired) electrons. The topological polar surface area (TPSA) is 326 Å². The number of hydrogen-bond donors (Lipinski definition) is 9. The molecule has 0 unspecified atom stereocenters. The first-order valence-corrected chi connectivity index (χ1v) is 34.8. The summed E-state index contributed by atoms with van der Waals surface area (Å²) in [7, 11) is 0. The molecule has 9 aromatic carbocycles. The number of thiophene rings is 1. The number of fused-ring (bicyclic) bond motifs is 1. The molecular formula is C86H102FN11O12S. The van der Waals surface area contributed by atoms with Gasteiger partial charge in [-0.15, -0.1) is 11.3 Å². The second-order valence-electron chi connectivity index (χ2n) is 24.3. The molecule has 12 aromatic rings. The Morgan fingerprint density at radius 2 is 1.01 bits per heavy atom. The zero-order valence-corrected chi connectivity index (χ0v) is 59.0. The molecule has 3 amide bonds. The zero-order valence-electron chi connectivity index (χ0n) is 58.2. The van der Waals surface area contributed by atoms with Crippen LogP contribution in [0.2, 0.25) is 0 Å². The van der Waals surface area contributed by atoms with Crippen LogP contribution in [-0.4, -0.2) is 84.5 Å². The molecule has 1 saturated heterocycles. The van der Waals surface area contributed by atoms with Crippen molar-refractivity contribution in [1.82, 2.24) is 20.2 Å². The van der Waals surface area contributed by atoms with E-state index in [9.17, 15) is 49.2 Å². The van der Waals surface area contributed by atoms with Crippen molar-refractivity contribution in [3.05, 3.63) is 343 Å². The minimum atomic E-state index is -1.65. The van der Waals surface area contributed by atoms with E-state index in [0.29, 0.717) is 49.5 Å². The van der Waals surface area contributed by atoms with Crippen molar-refractivity contribution in [2.75, 3.05) is 40.1 Å². The van der Waals surface area contributed by atoms with E-state index in [4.69, 9.17) is 19.6 Å². The Balaban J connectivity index is 0.000000307. The number of furan rings is 1. The molecule has 1 aliphatic heterocycles. The average Bonchev–Trinajstić information content (AvgIpc) is 1.64. The van der Waals surface area contributed by atoms with Gasteiger partial charge in [0.2, 0.25) is 5.82 Å². The summed E-state index contributed by atoms with van der Waals surface area (Å²) in [5.41, 5.74) is 15.1. The van der Waals surface area contributed by atoms with Gasteiger partial charge >= 0.3 is 5.69 Å². The number of anilines is 5. The summed E-state index contributed by atoms with van der Waals surface area (Å²) in [5, 5.41) is 62.2. The molecule has 4 atom stereocenters. The van der Waals surface area contributed by atoms with Crippen LogP contribution in [0.3, 0.4) is 0 Å². The fourth-order valence-corrected chi connectivity index (χ4v) is 11.5. The predicted molar refractivity (Wildman–Crippen MR) is 444 cm³/mol. The maximum Gasteiger partial charge on any atom is 0.304 e. The summed E-state index contributed by atoms with van der Waals surface area (Å²) in [4.78, 5) is 63.7. The Morgan fingerprint density at radius 3 is 1.54 bits per heavy atom. The first-order valence-electron chi connectivity index (χ1n) is 33.9.